The van der Waals surface area contributed by atoms with Crippen LogP contribution in [0.1, 0.15) is 10.4 Å². The third kappa shape index (κ3) is 4.70. The fraction of sp³-hybridized carbons (Fsp3) is 0.333. The van der Waals surface area contributed by atoms with E-state index in [9.17, 15) is 9.59 Å². The summed E-state index contributed by atoms with van der Waals surface area (Å²) in [5.74, 6) is 0.573. The van der Waals surface area contributed by atoms with Crippen LogP contribution in [0.2, 0.25) is 0 Å². The number of benzene rings is 1. The third-order valence-corrected chi connectivity index (χ3v) is 2.76. The van der Waals surface area contributed by atoms with Gasteiger partial charge < -0.3 is 9.47 Å². The van der Waals surface area contributed by atoms with Crippen LogP contribution in [0.4, 0.5) is 0 Å². The van der Waals surface area contributed by atoms with Gasteiger partial charge in [-0.15, -0.1) is 0 Å². The number of hydrazine groups is 1. The number of carbonyl (C=O) groups is 2. The summed E-state index contributed by atoms with van der Waals surface area (Å²) >= 11 is 1.37. The molecule has 0 saturated carbocycles. The van der Waals surface area contributed by atoms with E-state index in [4.69, 9.17) is 9.47 Å². The molecule has 0 saturated heterocycles. The maximum absolute atomic E-state index is 11.8. The minimum Gasteiger partial charge on any atom is -0.497 e. The lowest BCUT2D eigenvalue weighted by molar-refractivity contribution is -0.119. The first-order chi connectivity index (χ1) is 9.10. The Balaban J connectivity index is 2.73. The highest BCUT2D eigenvalue weighted by Gasteiger charge is 2.10. The van der Waals surface area contributed by atoms with E-state index in [2.05, 4.69) is 10.9 Å². The molecule has 19 heavy (non-hydrogen) atoms. The van der Waals surface area contributed by atoms with Crippen molar-refractivity contribution in [2.24, 2.45) is 0 Å². The smallest absolute Gasteiger partial charge is 0.269 e. The lowest BCUT2D eigenvalue weighted by atomic mass is 10.2. The average molecular weight is 284 g/mol. The number of thioether (sulfide) groups is 1. The van der Waals surface area contributed by atoms with Crippen LogP contribution in [0.15, 0.2) is 18.2 Å². The van der Waals surface area contributed by atoms with Gasteiger partial charge in [-0.1, -0.05) is 0 Å². The Hall–Kier alpha value is -1.89. The van der Waals surface area contributed by atoms with Crippen LogP contribution in [0, 0.1) is 0 Å². The second-order valence-electron chi connectivity index (χ2n) is 3.54. The summed E-state index contributed by atoms with van der Waals surface area (Å²) in [6, 6.07) is 4.76. The van der Waals surface area contributed by atoms with Gasteiger partial charge in [0.25, 0.3) is 5.91 Å². The molecule has 0 atom stereocenters. The molecule has 1 rings (SSSR count). The van der Waals surface area contributed by atoms with Crippen molar-refractivity contribution >= 4 is 23.6 Å². The molecule has 1 aromatic carbocycles. The first kappa shape index (κ1) is 15.2. The molecule has 7 heteroatoms. The maximum Gasteiger partial charge on any atom is 0.269 e. The topological polar surface area (TPSA) is 76.7 Å². The molecule has 2 amide bonds. The summed E-state index contributed by atoms with van der Waals surface area (Å²) in [7, 11) is 2.99. The zero-order valence-corrected chi connectivity index (χ0v) is 11.8. The number of rotatable bonds is 5. The van der Waals surface area contributed by atoms with Crippen molar-refractivity contribution in [3.63, 3.8) is 0 Å². The Morgan fingerprint density at radius 1 is 1.11 bits per heavy atom. The van der Waals surface area contributed by atoms with Crippen LogP contribution in [-0.2, 0) is 4.79 Å². The highest BCUT2D eigenvalue weighted by atomic mass is 32.2. The van der Waals surface area contributed by atoms with Crippen molar-refractivity contribution in [2.45, 2.75) is 0 Å². The van der Waals surface area contributed by atoms with Crippen molar-refractivity contribution in [1.82, 2.24) is 10.9 Å². The van der Waals surface area contributed by atoms with Crippen LogP contribution in [0.3, 0.4) is 0 Å². The highest BCUT2D eigenvalue weighted by Crippen LogP contribution is 2.22. The molecule has 0 aliphatic carbocycles. The van der Waals surface area contributed by atoms with Crippen LogP contribution in [0.25, 0.3) is 0 Å². The molecular formula is C12H16N2O4S. The van der Waals surface area contributed by atoms with Crippen LogP contribution in [-0.4, -0.2) is 38.0 Å². The minimum atomic E-state index is -0.438. The summed E-state index contributed by atoms with van der Waals surface area (Å²) in [4.78, 5) is 23.1. The number of hydrogen-bond donors (Lipinski definition) is 2. The number of carbonyl (C=O) groups excluding carboxylic acids is 2. The molecule has 0 spiro atoms. The van der Waals surface area contributed by atoms with Crippen molar-refractivity contribution in [2.75, 3.05) is 26.2 Å². The molecule has 6 nitrogen and oxygen atoms in total. The first-order valence-electron chi connectivity index (χ1n) is 5.42. The summed E-state index contributed by atoms with van der Waals surface area (Å²) in [6.07, 6.45) is 1.80. The Morgan fingerprint density at radius 2 is 1.68 bits per heavy atom. The molecule has 0 aliphatic rings. The van der Waals surface area contributed by atoms with Crippen LogP contribution < -0.4 is 20.3 Å². The van der Waals surface area contributed by atoms with Crippen molar-refractivity contribution in [3.8, 4) is 11.5 Å². The lowest BCUT2D eigenvalue weighted by Crippen LogP contribution is -2.42. The molecule has 0 aliphatic heterocycles. The van der Waals surface area contributed by atoms with Gasteiger partial charge in [0, 0.05) is 11.6 Å². The Kier molecular flexibility index (Phi) is 6.01. The van der Waals surface area contributed by atoms with Crippen molar-refractivity contribution < 1.29 is 19.1 Å². The van der Waals surface area contributed by atoms with E-state index in [-0.39, 0.29) is 11.7 Å². The van der Waals surface area contributed by atoms with E-state index >= 15 is 0 Å². The fourth-order valence-corrected chi connectivity index (χ4v) is 1.64. The Labute approximate surface area is 115 Å². The Morgan fingerprint density at radius 3 is 2.16 bits per heavy atom. The van der Waals surface area contributed by atoms with E-state index in [1.54, 1.807) is 24.5 Å². The Bertz CT molecular complexity index is 443. The van der Waals surface area contributed by atoms with Gasteiger partial charge in [0.1, 0.15) is 11.5 Å². The predicted octanol–water partition coefficient (Wildman–Crippen LogP) is 0.828. The number of nitrogens with one attached hydrogen (secondary N) is 2. The number of amides is 2. The summed E-state index contributed by atoms with van der Waals surface area (Å²) in [6.45, 7) is 0. The monoisotopic (exact) mass is 284 g/mol. The molecule has 0 aromatic heterocycles. The first-order valence-corrected chi connectivity index (χ1v) is 6.81. The van der Waals surface area contributed by atoms with Crippen LogP contribution >= 0.6 is 11.8 Å². The van der Waals surface area contributed by atoms with Crippen molar-refractivity contribution in [3.05, 3.63) is 23.8 Å². The quantitative estimate of drug-likeness (QED) is 0.783. The van der Waals surface area contributed by atoms with Crippen LogP contribution in [0.5, 0.6) is 11.5 Å². The number of hydrogen-bond acceptors (Lipinski definition) is 5. The highest BCUT2D eigenvalue weighted by molar-refractivity contribution is 7.99. The molecule has 0 radical (unpaired) electrons. The van der Waals surface area contributed by atoms with E-state index in [0.29, 0.717) is 17.1 Å². The molecular weight excluding hydrogens is 268 g/mol. The standard InChI is InChI=1S/C12H16N2O4S/c1-17-9-4-8(5-10(6-9)18-2)12(16)14-13-11(15)7-19-3/h4-6H,7H2,1-3H3,(H,13,15)(H,14,16). The second kappa shape index (κ2) is 7.52. The predicted molar refractivity (Wildman–Crippen MR) is 73.5 cm³/mol. The average Bonchev–Trinajstić information content (AvgIpc) is 2.44. The fourth-order valence-electron chi connectivity index (χ4n) is 1.30. The maximum atomic E-state index is 11.8. The molecule has 104 valence electrons. The van der Waals surface area contributed by atoms with Gasteiger partial charge in [0.05, 0.1) is 20.0 Å². The van der Waals surface area contributed by atoms with E-state index in [1.165, 1.54) is 26.0 Å². The summed E-state index contributed by atoms with van der Waals surface area (Å²) in [5.41, 5.74) is 4.97. The van der Waals surface area contributed by atoms with E-state index in [1.807, 2.05) is 0 Å². The molecule has 0 heterocycles. The SMILES string of the molecule is COc1cc(OC)cc(C(=O)NNC(=O)CSC)c1. The summed E-state index contributed by atoms with van der Waals surface area (Å²) < 4.78 is 10.1. The van der Waals surface area contributed by atoms with E-state index in [0.717, 1.165) is 0 Å². The van der Waals surface area contributed by atoms with Gasteiger partial charge in [-0.05, 0) is 18.4 Å². The van der Waals surface area contributed by atoms with Gasteiger partial charge in [0.15, 0.2) is 0 Å². The van der Waals surface area contributed by atoms with E-state index < -0.39 is 5.91 Å². The van der Waals surface area contributed by atoms with Gasteiger partial charge >= 0.3 is 0 Å². The largest absolute Gasteiger partial charge is 0.497 e. The normalized spacial score (nSPS) is 9.63. The van der Waals surface area contributed by atoms with Crippen molar-refractivity contribution in [1.29, 1.82) is 0 Å². The zero-order chi connectivity index (χ0) is 14.3. The zero-order valence-electron chi connectivity index (χ0n) is 11.0. The molecule has 0 fully saturated rings. The van der Waals surface area contributed by atoms with Gasteiger partial charge in [0.2, 0.25) is 5.91 Å². The van der Waals surface area contributed by atoms with Gasteiger partial charge in [-0.3, -0.25) is 20.4 Å². The minimum absolute atomic E-state index is 0.268. The summed E-state index contributed by atoms with van der Waals surface area (Å²) in [5, 5.41) is 0. The van der Waals surface area contributed by atoms with Gasteiger partial charge in [-0.2, -0.15) is 11.8 Å². The molecule has 1 aromatic rings. The van der Waals surface area contributed by atoms with Gasteiger partial charge in [-0.25, -0.2) is 0 Å². The number of methoxy groups -OCH3 is 2. The second-order valence-corrected chi connectivity index (χ2v) is 4.40. The lowest BCUT2D eigenvalue weighted by Gasteiger charge is -2.09. The molecule has 0 bridgehead atoms. The number of ether oxygens (including phenoxy) is 2. The third-order valence-electron chi connectivity index (χ3n) is 2.20. The molecule has 0 unspecified atom stereocenters. The molecule has 2 N–H and O–H groups in total.